The third-order valence-electron chi connectivity index (χ3n) is 13.5. The molecule has 10 aromatic rings. The topological polar surface area (TPSA) is 8.17 Å². The molecule has 0 aliphatic heterocycles. The third kappa shape index (κ3) is 5.92. The first-order valence-electron chi connectivity index (χ1n) is 21.5. The third-order valence-corrected chi connectivity index (χ3v) is 13.5. The number of nitrogens with zero attached hydrogens (tertiary/aromatic N) is 2. The number of para-hydroxylation sites is 3. The van der Waals surface area contributed by atoms with Gasteiger partial charge in [-0.15, -0.1) is 0 Å². The van der Waals surface area contributed by atoms with Crippen LogP contribution in [0.3, 0.4) is 0 Å². The van der Waals surface area contributed by atoms with Crippen molar-refractivity contribution >= 4 is 49.6 Å². The molecule has 0 amide bonds. The fourth-order valence-electron chi connectivity index (χ4n) is 10.3. The van der Waals surface area contributed by atoms with Gasteiger partial charge in [0.15, 0.2) is 0 Å². The van der Waals surface area contributed by atoms with Gasteiger partial charge >= 0.3 is 0 Å². The number of anilines is 3. The minimum Gasteiger partial charge on any atom is -0.342 e. The number of benzene rings is 9. The molecule has 1 aromatic heterocycles. The van der Waals surface area contributed by atoms with Crippen LogP contribution in [0.25, 0.3) is 54.8 Å². The van der Waals surface area contributed by atoms with Crippen molar-refractivity contribution in [1.82, 2.24) is 4.57 Å². The Morgan fingerprint density at radius 1 is 0.459 bits per heavy atom. The van der Waals surface area contributed by atoms with Crippen LogP contribution in [-0.4, -0.2) is 4.57 Å². The predicted molar refractivity (Wildman–Crippen MR) is 259 cm³/mol. The Hall–Kier alpha value is -7.16. The van der Waals surface area contributed by atoms with E-state index in [1.165, 1.54) is 105 Å². The van der Waals surface area contributed by atoms with Gasteiger partial charge in [-0.25, -0.2) is 0 Å². The monoisotopic (exact) mass is 784 g/mol. The van der Waals surface area contributed by atoms with E-state index in [-0.39, 0.29) is 11.3 Å². The van der Waals surface area contributed by atoms with E-state index >= 15 is 0 Å². The van der Waals surface area contributed by atoms with Gasteiger partial charge in [0.2, 0.25) is 0 Å². The lowest BCUT2D eigenvalue weighted by Gasteiger charge is -2.30. The molecule has 0 saturated heterocycles. The molecule has 0 unspecified atom stereocenters. The lowest BCUT2D eigenvalue weighted by molar-refractivity contribution is 0.661. The average molecular weight is 785 g/mol. The van der Waals surface area contributed by atoms with Crippen molar-refractivity contribution in [1.29, 1.82) is 0 Å². The highest BCUT2D eigenvalue weighted by atomic mass is 15.2. The molecule has 2 heteroatoms. The Kier molecular flexibility index (Phi) is 8.61. The number of aryl methyl sites for hydroxylation is 3. The maximum atomic E-state index is 2.50. The zero-order valence-electron chi connectivity index (χ0n) is 35.4. The number of rotatable bonds is 7. The molecule has 9 aromatic carbocycles. The van der Waals surface area contributed by atoms with E-state index in [0.717, 1.165) is 5.69 Å². The minimum absolute atomic E-state index is 0.161. The second-order valence-electron chi connectivity index (χ2n) is 17.5. The summed E-state index contributed by atoms with van der Waals surface area (Å²) in [7, 11) is 2.20. The van der Waals surface area contributed by atoms with E-state index in [1.807, 2.05) is 0 Å². The summed E-state index contributed by atoms with van der Waals surface area (Å²) in [6.07, 6.45) is 0. The normalized spacial score (nSPS) is 13.0. The number of hydrogen-bond donors (Lipinski definition) is 0. The van der Waals surface area contributed by atoms with Crippen LogP contribution in [0.5, 0.6) is 0 Å². The van der Waals surface area contributed by atoms with Crippen LogP contribution in [0, 0.1) is 13.8 Å². The van der Waals surface area contributed by atoms with Crippen molar-refractivity contribution in [3.63, 3.8) is 0 Å². The second-order valence-corrected chi connectivity index (χ2v) is 17.5. The summed E-state index contributed by atoms with van der Waals surface area (Å²) in [5.41, 5.74) is 20.0. The van der Waals surface area contributed by atoms with Crippen LogP contribution in [-0.2, 0) is 12.5 Å². The van der Waals surface area contributed by atoms with Crippen molar-refractivity contribution in [2.24, 2.45) is 7.05 Å². The van der Waals surface area contributed by atoms with E-state index in [0.29, 0.717) is 0 Å². The smallest absolute Gasteiger partial charge is 0.0733 e. The second kappa shape index (κ2) is 14.2. The van der Waals surface area contributed by atoms with Crippen molar-refractivity contribution < 1.29 is 0 Å². The Labute approximate surface area is 359 Å². The van der Waals surface area contributed by atoms with Crippen molar-refractivity contribution in [3.05, 3.63) is 233 Å². The summed E-state index contributed by atoms with van der Waals surface area (Å²) in [6, 6.07) is 72.5. The van der Waals surface area contributed by atoms with Crippen LogP contribution >= 0.6 is 0 Å². The molecule has 11 rings (SSSR count). The van der Waals surface area contributed by atoms with Gasteiger partial charge in [0.25, 0.3) is 0 Å². The maximum absolute atomic E-state index is 2.50. The Balaban J connectivity index is 1.04. The quantitative estimate of drug-likeness (QED) is 0.146. The molecule has 61 heavy (non-hydrogen) atoms. The zero-order valence-corrected chi connectivity index (χ0v) is 35.4. The van der Waals surface area contributed by atoms with Crippen molar-refractivity contribution in [2.75, 3.05) is 4.90 Å². The minimum atomic E-state index is -0.241. The van der Waals surface area contributed by atoms with Crippen LogP contribution in [0.15, 0.2) is 194 Å². The van der Waals surface area contributed by atoms with Gasteiger partial charge in [-0.1, -0.05) is 183 Å². The fraction of sp³-hybridized carbons (Fsp3) is 0.119. The molecule has 0 atom stereocenters. The molecule has 0 saturated carbocycles. The number of hydrogen-bond acceptors (Lipinski definition) is 1. The van der Waals surface area contributed by atoms with Crippen molar-refractivity contribution in [3.8, 4) is 22.3 Å². The Bertz CT molecular complexity index is 3230. The van der Waals surface area contributed by atoms with Gasteiger partial charge in [-0.3, -0.25) is 0 Å². The summed E-state index contributed by atoms with van der Waals surface area (Å²) in [5.74, 6) is 0.161. The van der Waals surface area contributed by atoms with Gasteiger partial charge < -0.3 is 9.47 Å². The van der Waals surface area contributed by atoms with Gasteiger partial charge in [-0.2, -0.15) is 0 Å². The first kappa shape index (κ1) is 36.9. The van der Waals surface area contributed by atoms with E-state index in [4.69, 9.17) is 0 Å². The summed E-state index contributed by atoms with van der Waals surface area (Å²) in [4.78, 5) is 2.50. The SMILES string of the molecule is Cc1ccc(C(c2ccc(C)cc2)c2ccc(-c3ccc4c(c3)C(C)(C)c3cc(N(c5ccccc5)c5cccc6c7ccccc7n(C)c56)c5ccccc5c3-4)cc2)cc1. The molecular formula is C59H48N2. The highest BCUT2D eigenvalue weighted by Crippen LogP contribution is 2.55. The number of fused-ring (bicyclic) bond motifs is 8. The first-order chi connectivity index (χ1) is 29.8. The maximum Gasteiger partial charge on any atom is 0.0733 e. The van der Waals surface area contributed by atoms with Crippen LogP contribution in [0.2, 0.25) is 0 Å². The van der Waals surface area contributed by atoms with E-state index in [9.17, 15) is 0 Å². The standard InChI is InChI=1S/C59H48N2/c1-38-22-26-41(27-23-38)56(42-28-24-39(2)25-29-42)43-32-30-40(31-33-43)44-34-35-50-51(36-44)59(3,4)52-37-55(46-16-9-10-18-48(46)57(50)52)61(45-14-7-6-8-15-45)54-21-13-19-49-47-17-11-12-20-53(47)60(5)58(49)54/h6-37,56H,1-5H3. The summed E-state index contributed by atoms with van der Waals surface area (Å²) < 4.78 is 2.37. The van der Waals surface area contributed by atoms with Gasteiger partial charge in [0.1, 0.15) is 0 Å². The lowest BCUT2D eigenvalue weighted by atomic mass is 9.80. The highest BCUT2D eigenvalue weighted by molar-refractivity contribution is 6.16. The average Bonchev–Trinajstić information content (AvgIpc) is 3.72. The van der Waals surface area contributed by atoms with E-state index in [1.54, 1.807) is 0 Å². The highest BCUT2D eigenvalue weighted by Gasteiger charge is 2.38. The van der Waals surface area contributed by atoms with Gasteiger partial charge in [0.05, 0.1) is 16.9 Å². The lowest BCUT2D eigenvalue weighted by Crippen LogP contribution is -2.17. The summed E-state index contributed by atoms with van der Waals surface area (Å²) in [6.45, 7) is 9.14. The predicted octanol–water partition coefficient (Wildman–Crippen LogP) is 15.7. The number of aromatic nitrogens is 1. The van der Waals surface area contributed by atoms with Crippen LogP contribution in [0.1, 0.15) is 58.7 Å². The molecule has 0 fully saturated rings. The largest absolute Gasteiger partial charge is 0.342 e. The van der Waals surface area contributed by atoms with E-state index < -0.39 is 0 Å². The molecule has 0 spiro atoms. The molecule has 294 valence electrons. The first-order valence-corrected chi connectivity index (χ1v) is 21.5. The summed E-state index contributed by atoms with van der Waals surface area (Å²) >= 11 is 0. The summed E-state index contributed by atoms with van der Waals surface area (Å²) in [5, 5.41) is 5.05. The Morgan fingerprint density at radius 2 is 1.02 bits per heavy atom. The molecule has 1 aliphatic rings. The molecule has 0 radical (unpaired) electrons. The van der Waals surface area contributed by atoms with Gasteiger partial charge in [0, 0.05) is 45.7 Å². The van der Waals surface area contributed by atoms with E-state index in [2.05, 4.69) is 238 Å². The van der Waals surface area contributed by atoms with Crippen LogP contribution in [0.4, 0.5) is 17.1 Å². The molecule has 1 aliphatic carbocycles. The molecular weight excluding hydrogens is 737 g/mol. The molecule has 2 nitrogen and oxygen atoms in total. The van der Waals surface area contributed by atoms with Crippen LogP contribution < -0.4 is 4.90 Å². The van der Waals surface area contributed by atoms with Gasteiger partial charge in [-0.05, 0) is 106 Å². The molecule has 0 N–H and O–H groups in total. The van der Waals surface area contributed by atoms with Crippen molar-refractivity contribution in [2.45, 2.75) is 39.0 Å². The Morgan fingerprint density at radius 3 is 1.69 bits per heavy atom. The fourth-order valence-corrected chi connectivity index (χ4v) is 10.3. The molecule has 0 bridgehead atoms. The molecule has 1 heterocycles. The zero-order chi connectivity index (χ0) is 41.4.